The van der Waals surface area contributed by atoms with Gasteiger partial charge in [-0.25, -0.2) is 0 Å². The smallest absolute Gasteiger partial charge is 0.122 e. The van der Waals surface area contributed by atoms with Crippen LogP contribution in [0.4, 0.5) is 0 Å². The maximum Gasteiger partial charge on any atom is 0.122 e. The van der Waals surface area contributed by atoms with E-state index in [4.69, 9.17) is 4.74 Å². The minimum absolute atomic E-state index is 0.668. The molecule has 1 aliphatic rings. The molecule has 0 saturated carbocycles. The Morgan fingerprint density at radius 1 is 1.25 bits per heavy atom. The topological polar surface area (TPSA) is 44.7 Å². The van der Waals surface area contributed by atoms with Crippen molar-refractivity contribution in [3.8, 4) is 5.75 Å². The van der Waals surface area contributed by atoms with Gasteiger partial charge in [-0.05, 0) is 43.5 Å². The summed E-state index contributed by atoms with van der Waals surface area (Å²) in [5.74, 6) is 0.879. The zero-order valence-corrected chi connectivity index (χ0v) is 13.0. The summed E-state index contributed by atoms with van der Waals surface area (Å²) in [6, 6.07) is 3.94. The fourth-order valence-electron chi connectivity index (χ4n) is 2.99. The van der Waals surface area contributed by atoms with Gasteiger partial charge in [-0.3, -0.25) is 4.90 Å². The van der Waals surface area contributed by atoms with E-state index in [-0.39, 0.29) is 0 Å². The van der Waals surface area contributed by atoms with E-state index >= 15 is 0 Å². The lowest BCUT2D eigenvalue weighted by molar-refractivity contribution is 0.0120. The van der Waals surface area contributed by atoms with E-state index in [1.807, 2.05) is 26.0 Å². The van der Waals surface area contributed by atoms with Crippen molar-refractivity contribution in [1.29, 1.82) is 0 Å². The van der Waals surface area contributed by atoms with E-state index < -0.39 is 5.60 Å². The molecule has 0 bridgehead atoms. The first-order valence-electron chi connectivity index (χ1n) is 7.26. The molecule has 1 aromatic carbocycles. The predicted molar refractivity (Wildman–Crippen MR) is 81.3 cm³/mol. The van der Waals surface area contributed by atoms with Crippen molar-refractivity contribution in [2.24, 2.45) is 0 Å². The number of hydrogen-bond acceptors (Lipinski definition) is 4. The second-order valence-electron chi connectivity index (χ2n) is 5.87. The van der Waals surface area contributed by atoms with Gasteiger partial charge in [-0.2, -0.15) is 0 Å². The van der Waals surface area contributed by atoms with Gasteiger partial charge >= 0.3 is 0 Å². The molecule has 2 rings (SSSR count). The molecular formula is C16H26N2O2. The first kappa shape index (κ1) is 15.3. The average Bonchev–Trinajstić information content (AvgIpc) is 2.42. The highest BCUT2D eigenvalue weighted by atomic mass is 16.5. The van der Waals surface area contributed by atoms with E-state index in [1.165, 1.54) is 0 Å². The summed E-state index contributed by atoms with van der Waals surface area (Å²) in [5, 5.41) is 14.2. The number of nitrogens with zero attached hydrogens (tertiary/aromatic N) is 1. The molecule has 0 aromatic heterocycles. The number of hydrogen-bond donors (Lipinski definition) is 2. The lowest BCUT2D eigenvalue weighted by Gasteiger charge is -2.35. The minimum Gasteiger partial charge on any atom is -0.496 e. The van der Waals surface area contributed by atoms with Crippen LogP contribution in [-0.2, 0) is 5.60 Å². The summed E-state index contributed by atoms with van der Waals surface area (Å²) < 4.78 is 5.34. The third-order valence-electron chi connectivity index (χ3n) is 4.28. The third-order valence-corrected chi connectivity index (χ3v) is 4.28. The van der Waals surface area contributed by atoms with Crippen molar-refractivity contribution in [2.45, 2.75) is 26.4 Å². The van der Waals surface area contributed by atoms with Gasteiger partial charge in [-0.15, -0.1) is 0 Å². The zero-order chi connectivity index (χ0) is 14.8. The van der Waals surface area contributed by atoms with Crippen LogP contribution in [0.5, 0.6) is 5.75 Å². The summed E-state index contributed by atoms with van der Waals surface area (Å²) in [7, 11) is 1.68. The standard InChI is InChI=1S/C16H26N2O2/c1-12-13(2)15(20-4)6-5-14(12)16(3,19)11-18-9-7-17-8-10-18/h5-6,17,19H,7-11H2,1-4H3. The number of nitrogens with one attached hydrogen (secondary N) is 1. The van der Waals surface area contributed by atoms with Crippen molar-refractivity contribution in [1.82, 2.24) is 10.2 Å². The minimum atomic E-state index is -0.835. The van der Waals surface area contributed by atoms with E-state index in [9.17, 15) is 5.11 Å². The summed E-state index contributed by atoms with van der Waals surface area (Å²) in [6.45, 7) is 10.6. The molecule has 1 unspecified atom stereocenters. The van der Waals surface area contributed by atoms with Crippen LogP contribution < -0.4 is 10.1 Å². The van der Waals surface area contributed by atoms with Gasteiger partial charge in [-0.1, -0.05) is 6.07 Å². The van der Waals surface area contributed by atoms with Gasteiger partial charge in [0.2, 0.25) is 0 Å². The molecule has 20 heavy (non-hydrogen) atoms. The van der Waals surface area contributed by atoms with Crippen LogP contribution in [0.2, 0.25) is 0 Å². The molecule has 112 valence electrons. The Bertz CT molecular complexity index is 466. The van der Waals surface area contributed by atoms with Gasteiger partial charge in [0.25, 0.3) is 0 Å². The lowest BCUT2D eigenvalue weighted by atomic mass is 9.88. The maximum absolute atomic E-state index is 10.9. The van der Waals surface area contributed by atoms with Crippen LogP contribution in [0.25, 0.3) is 0 Å². The molecule has 1 atom stereocenters. The number of β-amino-alcohol motifs (C(OH)–C–C–N with tert-alkyl or cyclic N) is 1. The van der Waals surface area contributed by atoms with Crippen LogP contribution >= 0.6 is 0 Å². The van der Waals surface area contributed by atoms with Crippen molar-refractivity contribution < 1.29 is 9.84 Å². The zero-order valence-electron chi connectivity index (χ0n) is 13.0. The molecule has 4 heteroatoms. The molecule has 1 heterocycles. The van der Waals surface area contributed by atoms with Gasteiger partial charge < -0.3 is 15.2 Å². The second kappa shape index (κ2) is 6.12. The predicted octanol–water partition coefficient (Wildman–Crippen LogP) is 1.42. The monoisotopic (exact) mass is 278 g/mol. The van der Waals surface area contributed by atoms with Crippen LogP contribution in [0.3, 0.4) is 0 Å². The maximum atomic E-state index is 10.9. The van der Waals surface area contributed by atoms with Gasteiger partial charge in [0.05, 0.1) is 12.7 Å². The Balaban J connectivity index is 2.22. The van der Waals surface area contributed by atoms with Crippen molar-refractivity contribution >= 4 is 0 Å². The van der Waals surface area contributed by atoms with E-state index in [0.717, 1.165) is 48.6 Å². The Kier molecular flexibility index (Phi) is 4.68. The Hall–Kier alpha value is -1.10. The SMILES string of the molecule is COc1ccc(C(C)(O)CN2CCNCC2)c(C)c1C. The van der Waals surface area contributed by atoms with Crippen molar-refractivity contribution in [2.75, 3.05) is 39.8 Å². The largest absolute Gasteiger partial charge is 0.496 e. The number of ether oxygens (including phenoxy) is 1. The van der Waals surface area contributed by atoms with E-state index in [0.29, 0.717) is 6.54 Å². The van der Waals surface area contributed by atoms with Crippen LogP contribution in [0.15, 0.2) is 12.1 Å². The van der Waals surface area contributed by atoms with Gasteiger partial charge in [0.15, 0.2) is 0 Å². The molecule has 4 nitrogen and oxygen atoms in total. The highest BCUT2D eigenvalue weighted by Gasteiger charge is 2.29. The summed E-state index contributed by atoms with van der Waals surface area (Å²) >= 11 is 0. The Morgan fingerprint density at radius 2 is 1.90 bits per heavy atom. The number of benzene rings is 1. The van der Waals surface area contributed by atoms with E-state index in [2.05, 4.69) is 17.1 Å². The Morgan fingerprint density at radius 3 is 2.50 bits per heavy atom. The number of aliphatic hydroxyl groups is 1. The first-order valence-corrected chi connectivity index (χ1v) is 7.26. The highest BCUT2D eigenvalue weighted by Crippen LogP contribution is 2.31. The van der Waals surface area contributed by atoms with Crippen LogP contribution in [-0.4, -0.2) is 49.8 Å². The molecule has 0 amide bonds. The number of piperazine rings is 1. The fourth-order valence-corrected chi connectivity index (χ4v) is 2.99. The molecule has 1 aromatic rings. The molecule has 1 fully saturated rings. The van der Waals surface area contributed by atoms with E-state index in [1.54, 1.807) is 7.11 Å². The van der Waals surface area contributed by atoms with Crippen molar-refractivity contribution in [3.63, 3.8) is 0 Å². The van der Waals surface area contributed by atoms with Gasteiger partial charge in [0.1, 0.15) is 5.75 Å². The quantitative estimate of drug-likeness (QED) is 0.874. The molecule has 0 spiro atoms. The normalized spacial score (nSPS) is 19.6. The lowest BCUT2D eigenvalue weighted by Crippen LogP contribution is -2.48. The van der Waals surface area contributed by atoms with Crippen molar-refractivity contribution in [3.05, 3.63) is 28.8 Å². The first-order chi connectivity index (χ1) is 9.45. The van der Waals surface area contributed by atoms with Crippen LogP contribution in [0.1, 0.15) is 23.6 Å². The molecule has 0 aliphatic carbocycles. The summed E-state index contributed by atoms with van der Waals surface area (Å²) in [4.78, 5) is 2.31. The second-order valence-corrected chi connectivity index (χ2v) is 5.87. The highest BCUT2D eigenvalue weighted by molar-refractivity contribution is 5.45. The molecule has 0 radical (unpaired) electrons. The molecular weight excluding hydrogens is 252 g/mol. The fraction of sp³-hybridized carbons (Fsp3) is 0.625. The molecule has 1 aliphatic heterocycles. The number of methoxy groups -OCH3 is 1. The average molecular weight is 278 g/mol. The third kappa shape index (κ3) is 3.14. The summed E-state index contributed by atoms with van der Waals surface area (Å²) in [6.07, 6.45) is 0. The van der Waals surface area contributed by atoms with Gasteiger partial charge in [0, 0.05) is 32.7 Å². The van der Waals surface area contributed by atoms with Crippen LogP contribution in [0, 0.1) is 13.8 Å². The molecule has 1 saturated heterocycles. The molecule has 2 N–H and O–H groups in total. The summed E-state index contributed by atoms with van der Waals surface area (Å²) in [5.41, 5.74) is 2.38. The Labute approximate surface area is 121 Å². The number of rotatable bonds is 4.